The SMILES string of the molecule is COc1ccc(C2(CNS(=O)(=O)c3cc(F)ccc3F)CCCC2)cc1. The Hall–Kier alpha value is -1.99. The Kier molecular flexibility index (Phi) is 5.29. The highest BCUT2D eigenvalue weighted by Crippen LogP contribution is 2.41. The van der Waals surface area contributed by atoms with Gasteiger partial charge >= 0.3 is 0 Å². The van der Waals surface area contributed by atoms with Gasteiger partial charge in [0.05, 0.1) is 7.11 Å². The Morgan fingerprint density at radius 2 is 1.73 bits per heavy atom. The van der Waals surface area contributed by atoms with Gasteiger partial charge in [-0.1, -0.05) is 25.0 Å². The summed E-state index contributed by atoms with van der Waals surface area (Å²) in [6.45, 7) is 0.137. The molecule has 26 heavy (non-hydrogen) atoms. The molecule has 140 valence electrons. The quantitative estimate of drug-likeness (QED) is 0.829. The molecule has 2 aromatic carbocycles. The van der Waals surface area contributed by atoms with Crippen LogP contribution in [0.5, 0.6) is 5.75 Å². The van der Waals surface area contributed by atoms with E-state index in [-0.39, 0.29) is 12.0 Å². The second-order valence-electron chi connectivity index (χ2n) is 6.62. The summed E-state index contributed by atoms with van der Waals surface area (Å²) >= 11 is 0. The fourth-order valence-corrected chi connectivity index (χ4v) is 4.77. The predicted molar refractivity (Wildman–Crippen MR) is 94.7 cm³/mol. The first-order valence-corrected chi connectivity index (χ1v) is 9.94. The zero-order valence-corrected chi connectivity index (χ0v) is 15.3. The van der Waals surface area contributed by atoms with E-state index < -0.39 is 26.6 Å². The highest BCUT2D eigenvalue weighted by Gasteiger charge is 2.37. The van der Waals surface area contributed by atoms with Gasteiger partial charge in [0.25, 0.3) is 0 Å². The molecule has 0 amide bonds. The number of hydrogen-bond acceptors (Lipinski definition) is 3. The Labute approximate surface area is 152 Å². The van der Waals surface area contributed by atoms with Crippen molar-refractivity contribution >= 4 is 10.0 Å². The highest BCUT2D eigenvalue weighted by atomic mass is 32.2. The number of nitrogens with one attached hydrogen (secondary N) is 1. The van der Waals surface area contributed by atoms with Crippen molar-refractivity contribution in [3.63, 3.8) is 0 Å². The average Bonchev–Trinajstić information content (AvgIpc) is 3.12. The minimum atomic E-state index is -4.15. The third kappa shape index (κ3) is 3.73. The van der Waals surface area contributed by atoms with E-state index in [1.165, 1.54) is 0 Å². The van der Waals surface area contributed by atoms with E-state index >= 15 is 0 Å². The van der Waals surface area contributed by atoms with Crippen LogP contribution < -0.4 is 9.46 Å². The van der Waals surface area contributed by atoms with Crippen LogP contribution >= 0.6 is 0 Å². The summed E-state index contributed by atoms with van der Waals surface area (Å²) in [6, 6.07) is 9.96. The van der Waals surface area contributed by atoms with Crippen molar-refractivity contribution in [1.82, 2.24) is 4.72 Å². The van der Waals surface area contributed by atoms with Crippen molar-refractivity contribution in [3.05, 3.63) is 59.7 Å². The first kappa shape index (κ1) is 18.8. The maximum absolute atomic E-state index is 13.9. The summed E-state index contributed by atoms with van der Waals surface area (Å²) in [5.74, 6) is -1.04. The van der Waals surface area contributed by atoms with Crippen LogP contribution in [0, 0.1) is 11.6 Å². The van der Waals surface area contributed by atoms with E-state index in [0.29, 0.717) is 6.07 Å². The summed E-state index contributed by atoms with van der Waals surface area (Å²) in [4.78, 5) is -0.666. The average molecular weight is 381 g/mol. The minimum Gasteiger partial charge on any atom is -0.497 e. The molecule has 3 rings (SSSR count). The number of benzene rings is 2. The predicted octanol–water partition coefficient (Wildman–Crippen LogP) is 3.76. The van der Waals surface area contributed by atoms with Crippen LogP contribution in [0.1, 0.15) is 31.2 Å². The zero-order valence-electron chi connectivity index (χ0n) is 14.5. The van der Waals surface area contributed by atoms with Crippen molar-refractivity contribution in [2.45, 2.75) is 36.0 Å². The van der Waals surface area contributed by atoms with Gasteiger partial charge < -0.3 is 4.74 Å². The maximum atomic E-state index is 13.9. The van der Waals surface area contributed by atoms with E-state index in [4.69, 9.17) is 4.74 Å². The third-order valence-corrected chi connectivity index (χ3v) is 6.46. The summed E-state index contributed by atoms with van der Waals surface area (Å²) in [5, 5.41) is 0. The molecule has 0 saturated heterocycles. The Morgan fingerprint density at radius 1 is 1.08 bits per heavy atom. The number of hydrogen-bond donors (Lipinski definition) is 1. The van der Waals surface area contributed by atoms with E-state index in [0.717, 1.165) is 49.1 Å². The summed E-state index contributed by atoms with van der Waals surface area (Å²) in [5.41, 5.74) is 0.654. The van der Waals surface area contributed by atoms with Gasteiger partial charge in [0.15, 0.2) is 0 Å². The summed E-state index contributed by atoms with van der Waals surface area (Å²) in [7, 11) is -2.56. The van der Waals surface area contributed by atoms with Crippen LogP contribution in [0.4, 0.5) is 8.78 Å². The van der Waals surface area contributed by atoms with Gasteiger partial charge in [0, 0.05) is 12.0 Å². The largest absolute Gasteiger partial charge is 0.497 e. The van der Waals surface area contributed by atoms with Gasteiger partial charge in [-0.2, -0.15) is 0 Å². The molecule has 7 heteroatoms. The molecule has 0 radical (unpaired) electrons. The summed E-state index contributed by atoms with van der Waals surface area (Å²) < 4.78 is 59.9. The molecule has 0 heterocycles. The molecule has 0 aliphatic heterocycles. The molecule has 2 aromatic rings. The fourth-order valence-electron chi connectivity index (χ4n) is 3.56. The molecule has 1 saturated carbocycles. The second-order valence-corrected chi connectivity index (χ2v) is 8.35. The van der Waals surface area contributed by atoms with E-state index in [9.17, 15) is 17.2 Å². The Morgan fingerprint density at radius 3 is 2.35 bits per heavy atom. The fraction of sp³-hybridized carbons (Fsp3) is 0.368. The monoisotopic (exact) mass is 381 g/mol. The van der Waals surface area contributed by atoms with Crippen molar-refractivity contribution in [2.75, 3.05) is 13.7 Å². The van der Waals surface area contributed by atoms with Crippen LogP contribution in [0.3, 0.4) is 0 Å². The molecular formula is C19H21F2NO3S. The lowest BCUT2D eigenvalue weighted by atomic mass is 9.79. The lowest BCUT2D eigenvalue weighted by Gasteiger charge is -2.30. The lowest BCUT2D eigenvalue weighted by molar-refractivity contribution is 0.410. The minimum absolute atomic E-state index is 0.137. The molecule has 0 aromatic heterocycles. The Balaban J connectivity index is 1.85. The molecule has 1 aliphatic carbocycles. The molecular weight excluding hydrogens is 360 g/mol. The number of methoxy groups -OCH3 is 1. The number of ether oxygens (including phenoxy) is 1. The van der Waals surface area contributed by atoms with Crippen molar-refractivity contribution in [2.24, 2.45) is 0 Å². The molecule has 0 bridgehead atoms. The van der Waals surface area contributed by atoms with Crippen LogP contribution in [-0.2, 0) is 15.4 Å². The van der Waals surface area contributed by atoms with Gasteiger partial charge in [-0.15, -0.1) is 0 Å². The van der Waals surface area contributed by atoms with Crippen LogP contribution in [0.2, 0.25) is 0 Å². The molecule has 0 spiro atoms. The zero-order chi connectivity index (χ0) is 18.8. The molecule has 1 aliphatic rings. The van der Waals surface area contributed by atoms with E-state index in [1.54, 1.807) is 7.11 Å². The maximum Gasteiger partial charge on any atom is 0.243 e. The van der Waals surface area contributed by atoms with Gasteiger partial charge in [0.2, 0.25) is 10.0 Å². The molecule has 0 atom stereocenters. The molecule has 0 unspecified atom stereocenters. The molecule has 1 fully saturated rings. The van der Waals surface area contributed by atoms with Crippen molar-refractivity contribution in [1.29, 1.82) is 0 Å². The van der Waals surface area contributed by atoms with Crippen LogP contribution in [0.25, 0.3) is 0 Å². The van der Waals surface area contributed by atoms with Gasteiger partial charge in [-0.25, -0.2) is 21.9 Å². The van der Waals surface area contributed by atoms with Gasteiger partial charge in [0.1, 0.15) is 22.3 Å². The molecule has 1 N–H and O–H groups in total. The van der Waals surface area contributed by atoms with Crippen molar-refractivity contribution < 1.29 is 21.9 Å². The smallest absolute Gasteiger partial charge is 0.243 e. The van der Waals surface area contributed by atoms with Crippen LogP contribution in [0.15, 0.2) is 47.4 Å². The normalized spacial score (nSPS) is 16.6. The first-order chi connectivity index (χ1) is 12.4. The number of rotatable bonds is 6. The highest BCUT2D eigenvalue weighted by molar-refractivity contribution is 7.89. The Bertz CT molecular complexity index is 876. The standard InChI is InChI=1S/C19H21F2NO3S/c1-25-16-7-4-14(5-8-16)19(10-2-3-11-19)13-22-26(23,24)18-12-15(20)6-9-17(18)21/h4-9,12,22H,2-3,10-11,13H2,1H3. The summed E-state index contributed by atoms with van der Waals surface area (Å²) in [6.07, 6.45) is 3.63. The third-order valence-electron chi connectivity index (χ3n) is 5.05. The number of sulfonamides is 1. The first-order valence-electron chi connectivity index (χ1n) is 8.46. The number of halogens is 2. The second kappa shape index (κ2) is 7.32. The van der Waals surface area contributed by atoms with E-state index in [2.05, 4.69) is 4.72 Å². The van der Waals surface area contributed by atoms with E-state index in [1.807, 2.05) is 24.3 Å². The lowest BCUT2D eigenvalue weighted by Crippen LogP contribution is -2.39. The van der Waals surface area contributed by atoms with Crippen molar-refractivity contribution in [3.8, 4) is 5.75 Å². The van der Waals surface area contributed by atoms with Gasteiger partial charge in [-0.05, 0) is 48.7 Å². The van der Waals surface area contributed by atoms with Crippen LogP contribution in [-0.4, -0.2) is 22.1 Å². The molecule has 4 nitrogen and oxygen atoms in total. The topological polar surface area (TPSA) is 55.4 Å². The van der Waals surface area contributed by atoms with Gasteiger partial charge in [-0.3, -0.25) is 0 Å².